The Bertz CT molecular complexity index is 739. The lowest BCUT2D eigenvalue weighted by molar-refractivity contribution is -0.127. The average molecular weight is 372 g/mol. The zero-order chi connectivity index (χ0) is 18.2. The molecule has 1 aromatic carbocycles. The summed E-state index contributed by atoms with van der Waals surface area (Å²) in [6.07, 6.45) is 8.23. The van der Waals surface area contributed by atoms with Crippen LogP contribution in [0.2, 0.25) is 0 Å². The largest absolute Gasteiger partial charge is 0.497 e. The Balaban J connectivity index is 1.60. The van der Waals surface area contributed by atoms with Crippen LogP contribution >= 0.6 is 11.8 Å². The second-order valence-corrected chi connectivity index (χ2v) is 7.33. The molecule has 1 aromatic heterocycles. The quantitative estimate of drug-likeness (QED) is 0.654. The monoisotopic (exact) mass is 371 g/mol. The van der Waals surface area contributed by atoms with Crippen molar-refractivity contribution in [1.82, 2.24) is 4.90 Å². The van der Waals surface area contributed by atoms with E-state index >= 15 is 0 Å². The van der Waals surface area contributed by atoms with Gasteiger partial charge in [0.15, 0.2) is 0 Å². The molecule has 0 fully saturated rings. The van der Waals surface area contributed by atoms with Gasteiger partial charge in [-0.3, -0.25) is 4.79 Å². The van der Waals surface area contributed by atoms with Gasteiger partial charge >= 0.3 is 0 Å². The second-order valence-electron chi connectivity index (χ2n) is 6.34. The molecule has 0 N–H and O–H groups in total. The van der Waals surface area contributed by atoms with Gasteiger partial charge in [-0.1, -0.05) is 18.2 Å². The number of benzene rings is 1. The molecule has 1 aliphatic rings. The Kier molecular flexibility index (Phi) is 6.83. The third-order valence-electron chi connectivity index (χ3n) is 4.44. The SMILES string of the molecule is COc1cccc(CSCC(=O)N(Cc2ccco2)C2=CCCCC2)c1. The Morgan fingerprint density at radius 3 is 2.92 bits per heavy atom. The normalized spacial score (nSPS) is 14.0. The van der Waals surface area contributed by atoms with Gasteiger partial charge in [0.25, 0.3) is 0 Å². The van der Waals surface area contributed by atoms with E-state index in [0.29, 0.717) is 12.3 Å². The van der Waals surface area contributed by atoms with Gasteiger partial charge in [0.2, 0.25) is 5.91 Å². The average Bonchev–Trinajstić information content (AvgIpc) is 3.20. The van der Waals surface area contributed by atoms with E-state index in [1.54, 1.807) is 25.1 Å². The highest BCUT2D eigenvalue weighted by Gasteiger charge is 2.20. The number of nitrogens with zero attached hydrogens (tertiary/aromatic N) is 1. The summed E-state index contributed by atoms with van der Waals surface area (Å²) in [5.41, 5.74) is 2.30. The molecule has 1 heterocycles. The van der Waals surface area contributed by atoms with Gasteiger partial charge in [-0.2, -0.15) is 0 Å². The number of furan rings is 1. The first-order chi connectivity index (χ1) is 12.8. The molecule has 1 aliphatic carbocycles. The first-order valence-electron chi connectivity index (χ1n) is 8.98. The third kappa shape index (κ3) is 5.18. The maximum atomic E-state index is 12.9. The van der Waals surface area contributed by atoms with Crippen LogP contribution in [0, 0.1) is 0 Å². The van der Waals surface area contributed by atoms with Crippen LogP contribution in [0.4, 0.5) is 0 Å². The molecule has 0 spiro atoms. The van der Waals surface area contributed by atoms with E-state index in [9.17, 15) is 4.79 Å². The van der Waals surface area contributed by atoms with Crippen molar-refractivity contribution in [2.75, 3.05) is 12.9 Å². The van der Waals surface area contributed by atoms with Crippen LogP contribution in [0.1, 0.15) is 37.0 Å². The summed E-state index contributed by atoms with van der Waals surface area (Å²) in [6, 6.07) is 11.8. The fourth-order valence-electron chi connectivity index (χ4n) is 3.07. The minimum absolute atomic E-state index is 0.141. The number of ether oxygens (including phenoxy) is 1. The number of rotatable bonds is 8. The molecule has 0 aliphatic heterocycles. The zero-order valence-electron chi connectivity index (χ0n) is 15.1. The minimum atomic E-state index is 0.141. The predicted molar refractivity (Wildman–Crippen MR) is 105 cm³/mol. The molecule has 0 atom stereocenters. The summed E-state index contributed by atoms with van der Waals surface area (Å²) >= 11 is 1.63. The van der Waals surface area contributed by atoms with E-state index in [0.717, 1.165) is 47.8 Å². The van der Waals surface area contributed by atoms with Crippen molar-refractivity contribution < 1.29 is 13.9 Å². The molecule has 2 aromatic rings. The molecule has 1 amide bonds. The lowest BCUT2D eigenvalue weighted by Crippen LogP contribution is -2.32. The number of thioether (sulfide) groups is 1. The van der Waals surface area contributed by atoms with Crippen LogP contribution in [0.3, 0.4) is 0 Å². The molecule has 5 heteroatoms. The number of methoxy groups -OCH3 is 1. The summed E-state index contributed by atoms with van der Waals surface area (Å²) in [4.78, 5) is 14.8. The molecule has 0 bridgehead atoms. The van der Waals surface area contributed by atoms with Crippen LogP contribution in [0.5, 0.6) is 5.75 Å². The van der Waals surface area contributed by atoms with Crippen molar-refractivity contribution >= 4 is 17.7 Å². The number of hydrogen-bond donors (Lipinski definition) is 0. The Morgan fingerprint density at radius 1 is 1.27 bits per heavy atom. The topological polar surface area (TPSA) is 42.7 Å². The molecule has 3 rings (SSSR count). The smallest absolute Gasteiger partial charge is 0.237 e. The maximum absolute atomic E-state index is 12.9. The highest BCUT2D eigenvalue weighted by atomic mass is 32.2. The van der Waals surface area contributed by atoms with E-state index in [1.807, 2.05) is 35.2 Å². The summed E-state index contributed by atoms with van der Waals surface area (Å²) in [5.74, 6) is 3.05. The Hall–Kier alpha value is -2.14. The minimum Gasteiger partial charge on any atom is -0.497 e. The molecule has 26 heavy (non-hydrogen) atoms. The van der Waals surface area contributed by atoms with Crippen LogP contribution in [0.25, 0.3) is 0 Å². The van der Waals surface area contributed by atoms with Gasteiger partial charge in [0, 0.05) is 11.4 Å². The Morgan fingerprint density at radius 2 is 2.19 bits per heavy atom. The van der Waals surface area contributed by atoms with E-state index < -0.39 is 0 Å². The van der Waals surface area contributed by atoms with Gasteiger partial charge in [-0.15, -0.1) is 11.8 Å². The van der Waals surface area contributed by atoms with Gasteiger partial charge < -0.3 is 14.1 Å². The van der Waals surface area contributed by atoms with E-state index in [-0.39, 0.29) is 5.91 Å². The van der Waals surface area contributed by atoms with Crippen molar-refractivity contribution in [1.29, 1.82) is 0 Å². The van der Waals surface area contributed by atoms with Crippen LogP contribution in [-0.4, -0.2) is 23.7 Å². The molecular weight excluding hydrogens is 346 g/mol. The first kappa shape index (κ1) is 18.6. The highest BCUT2D eigenvalue weighted by molar-refractivity contribution is 7.99. The number of carbonyl (C=O) groups is 1. The van der Waals surface area contributed by atoms with Crippen LogP contribution in [0.15, 0.2) is 58.9 Å². The van der Waals surface area contributed by atoms with Crippen molar-refractivity contribution in [3.63, 3.8) is 0 Å². The first-order valence-corrected chi connectivity index (χ1v) is 10.1. The van der Waals surface area contributed by atoms with Gasteiger partial charge in [0.05, 0.1) is 25.7 Å². The number of carbonyl (C=O) groups excluding carboxylic acids is 1. The molecule has 4 nitrogen and oxygen atoms in total. The summed E-state index contributed by atoms with van der Waals surface area (Å²) in [7, 11) is 1.67. The van der Waals surface area contributed by atoms with E-state index in [2.05, 4.69) is 12.1 Å². The van der Waals surface area contributed by atoms with Crippen molar-refractivity contribution in [2.24, 2.45) is 0 Å². The predicted octanol–water partition coefficient (Wildman–Crippen LogP) is 5.01. The lowest BCUT2D eigenvalue weighted by atomic mass is 10.0. The van der Waals surface area contributed by atoms with Crippen molar-refractivity contribution in [3.05, 3.63) is 65.8 Å². The third-order valence-corrected chi connectivity index (χ3v) is 5.43. The molecule has 0 saturated carbocycles. The molecule has 138 valence electrons. The number of hydrogen-bond acceptors (Lipinski definition) is 4. The Labute approximate surface area is 159 Å². The van der Waals surface area contributed by atoms with Crippen molar-refractivity contribution in [2.45, 2.75) is 38.0 Å². The number of allylic oxidation sites excluding steroid dienone is 2. The van der Waals surface area contributed by atoms with Crippen LogP contribution in [-0.2, 0) is 17.1 Å². The molecule has 0 saturated heterocycles. The summed E-state index contributed by atoms with van der Waals surface area (Å²) in [5, 5.41) is 0. The maximum Gasteiger partial charge on any atom is 0.237 e. The molecular formula is C21H25NO3S. The van der Waals surface area contributed by atoms with Crippen LogP contribution < -0.4 is 4.74 Å². The fourth-order valence-corrected chi connectivity index (χ4v) is 3.92. The lowest BCUT2D eigenvalue weighted by Gasteiger charge is -2.27. The summed E-state index contributed by atoms with van der Waals surface area (Å²) in [6.45, 7) is 0.511. The van der Waals surface area contributed by atoms with Gasteiger partial charge in [-0.05, 0) is 55.5 Å². The summed E-state index contributed by atoms with van der Waals surface area (Å²) < 4.78 is 10.7. The highest BCUT2D eigenvalue weighted by Crippen LogP contribution is 2.25. The molecule has 0 unspecified atom stereocenters. The fraction of sp³-hybridized carbons (Fsp3) is 0.381. The second kappa shape index (κ2) is 9.53. The molecule has 0 radical (unpaired) electrons. The van der Waals surface area contributed by atoms with Gasteiger partial charge in [-0.25, -0.2) is 0 Å². The standard InChI is InChI=1S/C21H25NO3S/c1-24-19-10-5-7-17(13-19)15-26-16-21(23)22(14-20-11-6-12-25-20)18-8-3-2-4-9-18/h5-8,10-13H,2-4,9,14-16H2,1H3. The van der Waals surface area contributed by atoms with E-state index in [4.69, 9.17) is 9.15 Å². The zero-order valence-corrected chi connectivity index (χ0v) is 16.0. The van der Waals surface area contributed by atoms with Crippen molar-refractivity contribution in [3.8, 4) is 5.75 Å². The number of amides is 1. The van der Waals surface area contributed by atoms with Gasteiger partial charge in [0.1, 0.15) is 11.5 Å². The van der Waals surface area contributed by atoms with E-state index in [1.165, 1.54) is 6.42 Å².